The summed E-state index contributed by atoms with van der Waals surface area (Å²) in [5.41, 5.74) is 2.13. The third-order valence-corrected chi connectivity index (χ3v) is 8.46. The van der Waals surface area contributed by atoms with Gasteiger partial charge in [-0.3, -0.25) is 9.88 Å². The van der Waals surface area contributed by atoms with E-state index in [1.54, 1.807) is 7.11 Å². The van der Waals surface area contributed by atoms with Gasteiger partial charge in [-0.05, 0) is 68.8 Å². The maximum Gasteiger partial charge on any atom is 0.161 e. The number of fused-ring (bicyclic) bond motifs is 3. The van der Waals surface area contributed by atoms with Crippen LogP contribution < -0.4 is 14.4 Å². The van der Waals surface area contributed by atoms with E-state index in [0.717, 1.165) is 66.5 Å². The van der Waals surface area contributed by atoms with Gasteiger partial charge in [0, 0.05) is 18.0 Å². The second-order valence-electron chi connectivity index (χ2n) is 10.5. The first-order valence-electron chi connectivity index (χ1n) is 13.4. The number of aliphatic hydroxyl groups is 1. The molecule has 6 heteroatoms. The Bertz CT molecular complexity index is 941. The predicted molar refractivity (Wildman–Crippen MR) is 137 cm³/mol. The van der Waals surface area contributed by atoms with Gasteiger partial charge in [0.25, 0.3) is 0 Å². The number of hydrogen-bond acceptors (Lipinski definition) is 6. The molecule has 1 saturated carbocycles. The van der Waals surface area contributed by atoms with Crippen LogP contribution in [-0.2, 0) is 0 Å². The van der Waals surface area contributed by atoms with E-state index >= 15 is 0 Å². The van der Waals surface area contributed by atoms with Crippen LogP contribution in [-0.4, -0.2) is 67.5 Å². The molecule has 1 aromatic carbocycles. The van der Waals surface area contributed by atoms with Gasteiger partial charge in [0.1, 0.15) is 12.4 Å². The molecule has 1 aliphatic carbocycles. The van der Waals surface area contributed by atoms with Gasteiger partial charge in [-0.2, -0.15) is 0 Å². The molecular weight excluding hydrogens is 426 g/mol. The van der Waals surface area contributed by atoms with Gasteiger partial charge in [-0.1, -0.05) is 32.1 Å². The first-order valence-corrected chi connectivity index (χ1v) is 13.4. The van der Waals surface area contributed by atoms with E-state index in [1.807, 2.05) is 18.3 Å². The lowest BCUT2D eigenvalue weighted by molar-refractivity contribution is 0.0573. The fraction of sp³-hybridized carbons (Fsp3) is 0.679. The normalized spacial score (nSPS) is 24.1. The fourth-order valence-corrected chi connectivity index (χ4v) is 6.39. The highest BCUT2D eigenvalue weighted by atomic mass is 16.5. The molecule has 5 rings (SSSR count). The minimum atomic E-state index is 0.289. The molecule has 2 fully saturated rings. The van der Waals surface area contributed by atoms with Crippen molar-refractivity contribution in [3.05, 3.63) is 24.4 Å². The average molecular weight is 468 g/mol. The lowest BCUT2D eigenvalue weighted by Gasteiger charge is -2.40. The number of hydrogen-bond donors (Lipinski definition) is 1. The van der Waals surface area contributed by atoms with Gasteiger partial charge in [-0.15, -0.1) is 0 Å². The maximum absolute atomic E-state index is 10.1. The van der Waals surface area contributed by atoms with Crippen LogP contribution >= 0.6 is 0 Å². The number of piperidine rings is 1. The molecule has 2 atom stereocenters. The number of aliphatic hydroxyl groups excluding tert-OH is 1. The van der Waals surface area contributed by atoms with Gasteiger partial charge in [0.15, 0.2) is 5.75 Å². The Morgan fingerprint density at radius 3 is 2.74 bits per heavy atom. The number of methoxy groups -OCH3 is 1. The van der Waals surface area contributed by atoms with Crippen molar-refractivity contribution in [1.82, 2.24) is 9.88 Å². The van der Waals surface area contributed by atoms with Gasteiger partial charge in [-0.25, -0.2) is 0 Å². The zero-order valence-corrected chi connectivity index (χ0v) is 20.8. The number of aromatic nitrogens is 1. The van der Waals surface area contributed by atoms with Crippen LogP contribution in [0.1, 0.15) is 57.8 Å². The molecule has 0 spiro atoms. The largest absolute Gasteiger partial charge is 0.497 e. The molecule has 1 aromatic heterocycles. The molecule has 0 amide bonds. The summed E-state index contributed by atoms with van der Waals surface area (Å²) < 4.78 is 11.4. The van der Waals surface area contributed by atoms with Gasteiger partial charge < -0.3 is 19.5 Å². The Labute approximate surface area is 204 Å². The Kier molecular flexibility index (Phi) is 7.75. The summed E-state index contributed by atoms with van der Waals surface area (Å²) in [4.78, 5) is 9.66. The quantitative estimate of drug-likeness (QED) is 0.597. The standard InChI is InChI=1S/C28H41N3O3/c1-33-24-7-8-26-25(18-24)28-27(19-29-26)34-16-15-31(28)14-11-22-10-13-30(23(17-22)20-32)12-9-21-5-3-2-4-6-21/h7-8,18-19,21-23,32H,2-6,9-17,20H2,1H3/t22?,23-/m0/s1. The minimum absolute atomic E-state index is 0.289. The monoisotopic (exact) mass is 467 g/mol. The van der Waals surface area contributed by atoms with Gasteiger partial charge in [0.2, 0.25) is 0 Å². The molecule has 0 bridgehead atoms. The van der Waals surface area contributed by atoms with Crippen LogP contribution in [0.3, 0.4) is 0 Å². The third-order valence-electron chi connectivity index (χ3n) is 8.46. The molecule has 186 valence electrons. The summed E-state index contributed by atoms with van der Waals surface area (Å²) in [6.07, 6.45) is 13.8. The highest BCUT2D eigenvalue weighted by Crippen LogP contribution is 2.39. The lowest BCUT2D eigenvalue weighted by Crippen LogP contribution is -2.46. The Morgan fingerprint density at radius 1 is 1.06 bits per heavy atom. The first-order chi connectivity index (χ1) is 16.7. The van der Waals surface area contributed by atoms with Crippen LogP contribution in [0.4, 0.5) is 5.69 Å². The molecule has 6 nitrogen and oxygen atoms in total. The zero-order chi connectivity index (χ0) is 23.3. The lowest BCUT2D eigenvalue weighted by atomic mass is 9.85. The molecule has 1 N–H and O–H groups in total. The average Bonchev–Trinajstić information content (AvgIpc) is 2.90. The summed E-state index contributed by atoms with van der Waals surface area (Å²) in [6, 6.07) is 6.40. The van der Waals surface area contributed by atoms with Gasteiger partial charge in [0.05, 0.1) is 37.7 Å². The highest BCUT2D eigenvalue weighted by molar-refractivity contribution is 5.96. The van der Waals surface area contributed by atoms with E-state index in [0.29, 0.717) is 18.6 Å². The highest BCUT2D eigenvalue weighted by Gasteiger charge is 2.30. The SMILES string of the molecule is COc1ccc2ncc3c(c2c1)N(CCC1CCN(CCC2CCCCC2)[C@H](CO)C1)CCO3. The van der Waals surface area contributed by atoms with Gasteiger partial charge >= 0.3 is 0 Å². The van der Waals surface area contributed by atoms with Crippen LogP contribution in [0, 0.1) is 11.8 Å². The van der Waals surface area contributed by atoms with E-state index < -0.39 is 0 Å². The molecule has 1 saturated heterocycles. The van der Waals surface area contributed by atoms with Crippen molar-refractivity contribution < 1.29 is 14.6 Å². The van der Waals surface area contributed by atoms with Crippen molar-refractivity contribution in [3.8, 4) is 11.5 Å². The predicted octanol–water partition coefficient (Wildman–Crippen LogP) is 4.88. The van der Waals surface area contributed by atoms with Crippen LogP contribution in [0.2, 0.25) is 0 Å². The number of anilines is 1. The van der Waals surface area contributed by atoms with E-state index in [-0.39, 0.29) is 6.61 Å². The second-order valence-corrected chi connectivity index (χ2v) is 10.5. The summed E-state index contributed by atoms with van der Waals surface area (Å²) >= 11 is 0. The smallest absolute Gasteiger partial charge is 0.161 e. The fourth-order valence-electron chi connectivity index (χ4n) is 6.39. The number of benzene rings is 1. The summed E-state index contributed by atoms with van der Waals surface area (Å²) in [5, 5.41) is 11.2. The number of likely N-dealkylation sites (tertiary alicyclic amines) is 1. The number of ether oxygens (including phenoxy) is 2. The third kappa shape index (κ3) is 5.28. The molecule has 34 heavy (non-hydrogen) atoms. The zero-order valence-electron chi connectivity index (χ0n) is 20.8. The Morgan fingerprint density at radius 2 is 1.91 bits per heavy atom. The van der Waals surface area contributed by atoms with Crippen molar-refractivity contribution in [2.75, 3.05) is 51.4 Å². The van der Waals surface area contributed by atoms with Crippen LogP contribution in [0.5, 0.6) is 11.5 Å². The topological polar surface area (TPSA) is 58.1 Å². The van der Waals surface area contributed by atoms with Crippen molar-refractivity contribution in [2.45, 2.75) is 63.8 Å². The summed E-state index contributed by atoms with van der Waals surface area (Å²) in [7, 11) is 1.71. The summed E-state index contributed by atoms with van der Waals surface area (Å²) in [5.74, 6) is 3.30. The maximum atomic E-state index is 10.1. The van der Waals surface area contributed by atoms with Crippen LogP contribution in [0.15, 0.2) is 24.4 Å². The second kappa shape index (κ2) is 11.1. The molecule has 2 aromatic rings. The summed E-state index contributed by atoms with van der Waals surface area (Å²) in [6.45, 7) is 5.19. The Balaban J connectivity index is 1.20. The number of rotatable bonds is 8. The van der Waals surface area contributed by atoms with Crippen molar-refractivity contribution in [3.63, 3.8) is 0 Å². The van der Waals surface area contributed by atoms with E-state index in [1.165, 1.54) is 51.5 Å². The van der Waals surface area contributed by atoms with Crippen LogP contribution in [0.25, 0.3) is 10.9 Å². The van der Waals surface area contributed by atoms with E-state index in [4.69, 9.17) is 9.47 Å². The molecule has 1 unspecified atom stereocenters. The number of pyridine rings is 1. The molecular formula is C28H41N3O3. The molecule has 0 radical (unpaired) electrons. The molecule has 2 aliphatic heterocycles. The van der Waals surface area contributed by atoms with Crippen molar-refractivity contribution >= 4 is 16.6 Å². The first kappa shape index (κ1) is 23.7. The van der Waals surface area contributed by atoms with Crippen molar-refractivity contribution in [2.24, 2.45) is 11.8 Å². The van der Waals surface area contributed by atoms with Crippen molar-refractivity contribution in [1.29, 1.82) is 0 Å². The minimum Gasteiger partial charge on any atom is -0.497 e. The number of nitrogens with zero attached hydrogens (tertiary/aromatic N) is 3. The van der Waals surface area contributed by atoms with E-state index in [2.05, 4.69) is 20.9 Å². The molecule has 3 heterocycles. The molecule has 3 aliphatic rings. The Hall–Kier alpha value is -2.05. The van der Waals surface area contributed by atoms with E-state index in [9.17, 15) is 5.11 Å².